The van der Waals surface area contributed by atoms with E-state index in [4.69, 9.17) is 11.6 Å². The normalized spacial score (nSPS) is 11.5. The summed E-state index contributed by atoms with van der Waals surface area (Å²) < 4.78 is 3.53. The first-order valence-electron chi connectivity index (χ1n) is 4.55. The molecule has 0 atom stereocenters. The molecule has 1 aromatic carbocycles. The molecular weight excluding hydrogens is 308 g/mol. The van der Waals surface area contributed by atoms with E-state index in [0.29, 0.717) is 6.04 Å². The van der Waals surface area contributed by atoms with E-state index in [2.05, 4.69) is 53.3 Å². The van der Waals surface area contributed by atoms with Crippen molar-refractivity contribution < 1.29 is 0 Å². The lowest BCUT2D eigenvalue weighted by Gasteiger charge is -2.08. The molecule has 3 heteroatoms. The van der Waals surface area contributed by atoms with Crippen molar-refractivity contribution in [3.8, 4) is 0 Å². The number of hydrogen-bond donors (Lipinski definition) is 0. The zero-order valence-corrected chi connectivity index (χ0v) is 11.0. The first-order valence-corrected chi connectivity index (χ1v) is 6.01. The number of fused-ring (bicyclic) bond motifs is 1. The summed E-state index contributed by atoms with van der Waals surface area (Å²) in [5.41, 5.74) is 1.26. The third kappa shape index (κ3) is 1.65. The molecule has 0 spiro atoms. The topological polar surface area (TPSA) is 4.93 Å². The second-order valence-corrected chi connectivity index (χ2v) is 5.24. The Balaban J connectivity index is 2.77. The van der Waals surface area contributed by atoms with E-state index in [9.17, 15) is 0 Å². The lowest BCUT2D eigenvalue weighted by Crippen LogP contribution is -1.97. The van der Waals surface area contributed by atoms with Gasteiger partial charge in [0.2, 0.25) is 0 Å². The molecule has 0 saturated heterocycles. The van der Waals surface area contributed by atoms with Crippen molar-refractivity contribution in [3.05, 3.63) is 33.0 Å². The Hall–Kier alpha value is -0.220. The van der Waals surface area contributed by atoms with Crippen LogP contribution in [-0.2, 0) is 0 Å². The van der Waals surface area contributed by atoms with E-state index in [0.717, 1.165) is 5.02 Å². The van der Waals surface area contributed by atoms with E-state index in [1.165, 1.54) is 14.5 Å². The zero-order chi connectivity index (χ0) is 10.3. The van der Waals surface area contributed by atoms with Crippen molar-refractivity contribution in [2.45, 2.75) is 19.9 Å². The van der Waals surface area contributed by atoms with Crippen molar-refractivity contribution in [1.29, 1.82) is 0 Å². The van der Waals surface area contributed by atoms with Crippen LogP contribution in [0.1, 0.15) is 19.9 Å². The van der Waals surface area contributed by atoms with Crippen molar-refractivity contribution in [2.75, 3.05) is 0 Å². The molecule has 2 rings (SSSR count). The molecule has 0 saturated carbocycles. The van der Waals surface area contributed by atoms with Gasteiger partial charge in [-0.3, -0.25) is 0 Å². The summed E-state index contributed by atoms with van der Waals surface area (Å²) in [5.74, 6) is 0. The van der Waals surface area contributed by atoms with Crippen molar-refractivity contribution in [1.82, 2.24) is 4.57 Å². The van der Waals surface area contributed by atoms with Gasteiger partial charge in [0.1, 0.15) is 0 Å². The van der Waals surface area contributed by atoms with E-state index < -0.39 is 0 Å². The van der Waals surface area contributed by atoms with Gasteiger partial charge in [0.05, 0.1) is 0 Å². The summed E-state index contributed by atoms with van der Waals surface area (Å²) in [6.45, 7) is 4.37. The van der Waals surface area contributed by atoms with Gasteiger partial charge in [0.25, 0.3) is 0 Å². The van der Waals surface area contributed by atoms with Crippen LogP contribution in [0.5, 0.6) is 0 Å². The second kappa shape index (κ2) is 3.74. The molecule has 1 nitrogen and oxygen atoms in total. The SMILES string of the molecule is CC(C)n1cc(I)c2cc(Cl)ccc21. The van der Waals surface area contributed by atoms with Crippen molar-refractivity contribution >= 4 is 45.1 Å². The zero-order valence-electron chi connectivity index (χ0n) is 8.09. The first-order chi connectivity index (χ1) is 6.59. The minimum absolute atomic E-state index is 0.488. The Morgan fingerprint density at radius 1 is 1.36 bits per heavy atom. The highest BCUT2D eigenvalue weighted by molar-refractivity contribution is 14.1. The predicted octanol–water partition coefficient (Wildman–Crippen LogP) is 4.48. The van der Waals surface area contributed by atoms with Crippen LogP contribution in [0.25, 0.3) is 10.9 Å². The van der Waals surface area contributed by atoms with Gasteiger partial charge in [-0.05, 0) is 54.6 Å². The average Bonchev–Trinajstić information content (AvgIpc) is 2.44. The van der Waals surface area contributed by atoms with Crippen LogP contribution in [0.2, 0.25) is 5.02 Å². The molecule has 0 radical (unpaired) electrons. The van der Waals surface area contributed by atoms with Crippen LogP contribution < -0.4 is 0 Å². The standard InChI is InChI=1S/C11H11ClIN/c1-7(2)14-6-10(13)9-5-8(12)3-4-11(9)14/h3-7H,1-2H3. The van der Waals surface area contributed by atoms with Gasteiger partial charge < -0.3 is 4.57 Å². The largest absolute Gasteiger partial charge is 0.344 e. The van der Waals surface area contributed by atoms with Crippen molar-refractivity contribution in [2.24, 2.45) is 0 Å². The Morgan fingerprint density at radius 3 is 2.71 bits per heavy atom. The number of aromatic nitrogens is 1. The third-order valence-corrected chi connectivity index (χ3v) is 3.40. The fourth-order valence-electron chi connectivity index (χ4n) is 1.61. The summed E-state index contributed by atoms with van der Waals surface area (Å²) in [5, 5.41) is 2.05. The molecule has 0 unspecified atom stereocenters. The second-order valence-electron chi connectivity index (χ2n) is 3.64. The van der Waals surface area contributed by atoms with Crippen molar-refractivity contribution in [3.63, 3.8) is 0 Å². The summed E-state index contributed by atoms with van der Waals surface area (Å²) in [6.07, 6.45) is 2.17. The summed E-state index contributed by atoms with van der Waals surface area (Å²) in [6, 6.07) is 6.54. The summed E-state index contributed by atoms with van der Waals surface area (Å²) in [4.78, 5) is 0. The molecule has 1 aromatic heterocycles. The lowest BCUT2D eigenvalue weighted by molar-refractivity contribution is 0.622. The lowest BCUT2D eigenvalue weighted by atomic mass is 10.2. The average molecular weight is 320 g/mol. The van der Waals surface area contributed by atoms with Gasteiger partial charge >= 0.3 is 0 Å². The minimum atomic E-state index is 0.488. The highest BCUT2D eigenvalue weighted by atomic mass is 127. The van der Waals surface area contributed by atoms with Gasteiger partial charge in [-0.15, -0.1) is 0 Å². The number of halogens is 2. The molecule has 0 aliphatic heterocycles. The minimum Gasteiger partial charge on any atom is -0.344 e. The molecule has 0 N–H and O–H groups in total. The Kier molecular flexibility index (Phi) is 2.75. The van der Waals surface area contributed by atoms with E-state index in [1.807, 2.05) is 12.1 Å². The smallest absolute Gasteiger partial charge is 0.0494 e. The summed E-state index contributed by atoms with van der Waals surface area (Å²) in [7, 11) is 0. The van der Waals surface area contributed by atoms with Gasteiger partial charge in [-0.1, -0.05) is 11.6 Å². The fourth-order valence-corrected chi connectivity index (χ4v) is 2.52. The number of hydrogen-bond acceptors (Lipinski definition) is 0. The monoisotopic (exact) mass is 319 g/mol. The molecule has 0 bridgehead atoms. The van der Waals surface area contributed by atoms with Crippen LogP contribution in [0.15, 0.2) is 24.4 Å². The highest BCUT2D eigenvalue weighted by Gasteiger charge is 2.08. The number of nitrogens with zero attached hydrogens (tertiary/aromatic N) is 1. The maximum Gasteiger partial charge on any atom is 0.0494 e. The van der Waals surface area contributed by atoms with Crippen LogP contribution >= 0.6 is 34.2 Å². The first kappa shape index (κ1) is 10.3. The third-order valence-electron chi connectivity index (χ3n) is 2.30. The quantitative estimate of drug-likeness (QED) is 0.683. The maximum atomic E-state index is 5.97. The molecule has 74 valence electrons. The molecule has 1 heterocycles. The molecule has 0 aliphatic carbocycles. The van der Waals surface area contributed by atoms with E-state index in [-0.39, 0.29) is 0 Å². The van der Waals surface area contributed by atoms with Gasteiger partial charge in [0, 0.05) is 31.7 Å². The van der Waals surface area contributed by atoms with Gasteiger partial charge in [0.15, 0.2) is 0 Å². The molecule has 0 amide bonds. The van der Waals surface area contributed by atoms with Crippen LogP contribution in [0.4, 0.5) is 0 Å². The molecule has 14 heavy (non-hydrogen) atoms. The van der Waals surface area contributed by atoms with Crippen LogP contribution in [-0.4, -0.2) is 4.57 Å². The Labute approximate surface area is 102 Å². The maximum absolute atomic E-state index is 5.97. The number of rotatable bonds is 1. The van der Waals surface area contributed by atoms with Gasteiger partial charge in [-0.25, -0.2) is 0 Å². The summed E-state index contributed by atoms with van der Waals surface area (Å²) >= 11 is 8.32. The Bertz CT molecular complexity index is 473. The van der Waals surface area contributed by atoms with Crippen LogP contribution in [0.3, 0.4) is 0 Å². The predicted molar refractivity (Wildman–Crippen MR) is 70.1 cm³/mol. The Morgan fingerprint density at radius 2 is 2.07 bits per heavy atom. The van der Waals surface area contributed by atoms with Crippen LogP contribution in [0, 0.1) is 3.57 Å². The van der Waals surface area contributed by atoms with Gasteiger partial charge in [-0.2, -0.15) is 0 Å². The molecule has 0 aliphatic rings. The number of benzene rings is 1. The van der Waals surface area contributed by atoms with E-state index in [1.54, 1.807) is 0 Å². The molecule has 0 fully saturated rings. The molecule has 2 aromatic rings. The van der Waals surface area contributed by atoms with E-state index >= 15 is 0 Å². The fraction of sp³-hybridized carbons (Fsp3) is 0.273. The highest BCUT2D eigenvalue weighted by Crippen LogP contribution is 2.28. The molecular formula is C11H11ClIN.